The number of hydrogen-bond acceptors (Lipinski definition) is 1. The third-order valence-electron chi connectivity index (χ3n) is 0.758. The molecule has 0 aliphatic carbocycles. The van der Waals surface area contributed by atoms with E-state index in [1.165, 1.54) is 0 Å². The fourth-order valence-electron chi connectivity index (χ4n) is 0.341. The van der Waals surface area contributed by atoms with Crippen molar-refractivity contribution in [2.75, 3.05) is 0 Å². The maximum atomic E-state index is 3.88. The molecular weight excluding hydrogens is 203 g/mol. The largest absolute Gasteiger partial charge is 0.329 e. The van der Waals surface area contributed by atoms with Crippen LogP contribution in [0.1, 0.15) is 0 Å². The van der Waals surface area contributed by atoms with Gasteiger partial charge in [0.1, 0.15) is 0 Å². The molecule has 0 atom stereocenters. The summed E-state index contributed by atoms with van der Waals surface area (Å²) >= 11 is 2.22. The van der Waals surface area contributed by atoms with Gasteiger partial charge in [0.25, 0.3) is 0 Å². The minimum absolute atomic E-state index is 1.16. The molecule has 0 aliphatic rings. The molecule has 0 amide bonds. The molecule has 0 aromatic carbocycles. The maximum Gasteiger partial charge on any atom is 0.0992 e. The second-order valence-electron chi connectivity index (χ2n) is 1.33. The minimum atomic E-state index is 1.16. The van der Waals surface area contributed by atoms with Crippen LogP contribution in [0.25, 0.3) is 0 Å². The van der Waals surface area contributed by atoms with Gasteiger partial charge in [0.15, 0.2) is 0 Å². The predicted molar refractivity (Wildman–Crippen MR) is 35.9 cm³/mol. The lowest BCUT2D eigenvalue weighted by Gasteiger charge is -1.85. The lowest BCUT2D eigenvalue weighted by Crippen LogP contribution is -1.84. The van der Waals surface area contributed by atoms with Crippen molar-refractivity contribution < 1.29 is 0 Å². The summed E-state index contributed by atoms with van der Waals surface area (Å²) in [5, 5.41) is 0. The van der Waals surface area contributed by atoms with Gasteiger partial charge in [-0.05, 0) is 22.6 Å². The van der Waals surface area contributed by atoms with Crippen LogP contribution in [0, 0.1) is 3.70 Å². The molecule has 1 aromatic heterocycles. The minimum Gasteiger partial charge on any atom is -0.329 e. The van der Waals surface area contributed by atoms with E-state index in [9.17, 15) is 0 Å². The number of hydrogen-bond donors (Lipinski definition) is 0. The van der Waals surface area contributed by atoms with Crippen molar-refractivity contribution in [1.29, 1.82) is 0 Å². The van der Waals surface area contributed by atoms with Gasteiger partial charge >= 0.3 is 0 Å². The van der Waals surface area contributed by atoms with E-state index in [1.54, 1.807) is 6.33 Å². The first-order valence-electron chi connectivity index (χ1n) is 1.92. The van der Waals surface area contributed by atoms with Gasteiger partial charge in [-0.15, -0.1) is 0 Å². The van der Waals surface area contributed by atoms with Gasteiger partial charge in [-0.3, -0.25) is 0 Å². The van der Waals surface area contributed by atoms with Crippen molar-refractivity contribution in [2.45, 2.75) is 0 Å². The molecule has 3 heteroatoms. The zero-order valence-corrected chi connectivity index (χ0v) is 6.08. The van der Waals surface area contributed by atoms with E-state index in [0.717, 1.165) is 3.70 Å². The normalized spacial score (nSPS) is 9.43. The second kappa shape index (κ2) is 1.81. The maximum absolute atomic E-state index is 3.88. The Balaban J connectivity index is 3.12. The van der Waals surface area contributed by atoms with Crippen LogP contribution in [-0.4, -0.2) is 9.55 Å². The fraction of sp³-hybridized carbons (Fsp3) is 0.250. The van der Waals surface area contributed by atoms with Gasteiger partial charge in [0.2, 0.25) is 0 Å². The van der Waals surface area contributed by atoms with Crippen molar-refractivity contribution in [2.24, 2.45) is 7.05 Å². The second-order valence-corrected chi connectivity index (χ2v) is 2.43. The van der Waals surface area contributed by atoms with Gasteiger partial charge < -0.3 is 4.57 Å². The zero-order valence-electron chi connectivity index (χ0n) is 3.93. The van der Waals surface area contributed by atoms with Crippen LogP contribution in [0.15, 0.2) is 12.5 Å². The summed E-state index contributed by atoms with van der Waals surface area (Å²) in [6, 6.07) is 0. The lowest BCUT2D eigenvalue weighted by atomic mass is 10.9. The molecular formula is C4H5IN2. The summed E-state index contributed by atoms with van der Waals surface area (Å²) in [5.41, 5.74) is 0. The van der Waals surface area contributed by atoms with E-state index < -0.39 is 0 Å². The third-order valence-corrected chi connectivity index (χ3v) is 1.80. The smallest absolute Gasteiger partial charge is 0.0992 e. The quantitative estimate of drug-likeness (QED) is 0.582. The molecule has 0 aliphatic heterocycles. The molecule has 38 valence electrons. The number of rotatable bonds is 0. The van der Waals surface area contributed by atoms with Crippen molar-refractivity contribution in [1.82, 2.24) is 9.55 Å². The summed E-state index contributed by atoms with van der Waals surface area (Å²) in [4.78, 5) is 3.88. The molecule has 1 aromatic rings. The van der Waals surface area contributed by atoms with Gasteiger partial charge in [0, 0.05) is 7.05 Å². The van der Waals surface area contributed by atoms with Crippen LogP contribution in [-0.2, 0) is 7.05 Å². The van der Waals surface area contributed by atoms with Crippen LogP contribution < -0.4 is 0 Å². The zero-order chi connectivity index (χ0) is 5.28. The summed E-state index contributed by atoms with van der Waals surface area (Å²) in [6.45, 7) is 0. The highest BCUT2D eigenvalue weighted by atomic mass is 127. The molecule has 0 saturated heterocycles. The fourth-order valence-corrected chi connectivity index (χ4v) is 0.626. The molecule has 2 nitrogen and oxygen atoms in total. The van der Waals surface area contributed by atoms with Gasteiger partial charge in [-0.1, -0.05) is 0 Å². The van der Waals surface area contributed by atoms with E-state index >= 15 is 0 Å². The molecule has 0 fully saturated rings. The van der Waals surface area contributed by atoms with Gasteiger partial charge in [0.05, 0.1) is 16.2 Å². The van der Waals surface area contributed by atoms with E-state index in [2.05, 4.69) is 27.6 Å². The molecule has 0 N–H and O–H groups in total. The molecule has 1 rings (SSSR count). The summed E-state index contributed by atoms with van der Waals surface area (Å²) < 4.78 is 3.12. The monoisotopic (exact) mass is 208 g/mol. The summed E-state index contributed by atoms with van der Waals surface area (Å²) in [7, 11) is 1.97. The Morgan fingerprint density at radius 1 is 1.86 bits per heavy atom. The van der Waals surface area contributed by atoms with Crippen LogP contribution in [0.5, 0.6) is 0 Å². The lowest BCUT2D eigenvalue weighted by molar-refractivity contribution is 0.888. The predicted octanol–water partition coefficient (Wildman–Crippen LogP) is 1.02. The van der Waals surface area contributed by atoms with E-state index in [1.807, 2.05) is 17.8 Å². The van der Waals surface area contributed by atoms with Crippen molar-refractivity contribution in [3.63, 3.8) is 0 Å². The van der Waals surface area contributed by atoms with Crippen LogP contribution in [0.4, 0.5) is 0 Å². The molecule has 0 bridgehead atoms. The number of aromatic nitrogens is 2. The molecule has 1 heterocycles. The highest BCUT2D eigenvalue weighted by Crippen LogP contribution is 1.97. The van der Waals surface area contributed by atoms with E-state index in [-0.39, 0.29) is 0 Å². The van der Waals surface area contributed by atoms with Crippen LogP contribution >= 0.6 is 22.6 Å². The first-order chi connectivity index (χ1) is 3.30. The van der Waals surface area contributed by atoms with Crippen molar-refractivity contribution in [3.05, 3.63) is 16.2 Å². The number of nitrogens with zero attached hydrogens (tertiary/aromatic N) is 2. The summed E-state index contributed by atoms with van der Waals surface area (Å²) in [6.07, 6.45) is 3.60. The van der Waals surface area contributed by atoms with Crippen LogP contribution in [0.2, 0.25) is 0 Å². The van der Waals surface area contributed by atoms with Gasteiger partial charge in [-0.2, -0.15) is 0 Å². The third kappa shape index (κ3) is 0.933. The van der Waals surface area contributed by atoms with Crippen molar-refractivity contribution in [3.8, 4) is 0 Å². The Hall–Kier alpha value is -0.0600. The highest BCUT2D eigenvalue weighted by molar-refractivity contribution is 14.1. The number of halogens is 1. The topological polar surface area (TPSA) is 17.8 Å². The Labute approximate surface area is 55.7 Å². The standard InChI is InChI=1S/C4H5IN2/c1-7-3-6-2-4(7)5/h2-3H,1H3. The first-order valence-corrected chi connectivity index (χ1v) is 3.00. The molecule has 0 saturated carbocycles. The molecule has 0 unspecified atom stereocenters. The van der Waals surface area contributed by atoms with Gasteiger partial charge in [-0.25, -0.2) is 4.98 Å². The SMILES string of the molecule is Cn1cncc1I. The van der Waals surface area contributed by atoms with E-state index in [0.29, 0.717) is 0 Å². The highest BCUT2D eigenvalue weighted by Gasteiger charge is 1.85. The Kier molecular flexibility index (Phi) is 1.32. The Bertz CT molecular complexity index is 142. The van der Waals surface area contributed by atoms with Crippen LogP contribution in [0.3, 0.4) is 0 Å². The van der Waals surface area contributed by atoms with E-state index in [4.69, 9.17) is 0 Å². The number of imidazole rings is 1. The molecule has 7 heavy (non-hydrogen) atoms. The summed E-state index contributed by atoms with van der Waals surface area (Å²) in [5.74, 6) is 0. The molecule has 0 radical (unpaired) electrons. The Morgan fingerprint density at radius 3 is 2.71 bits per heavy atom. The van der Waals surface area contributed by atoms with Crippen molar-refractivity contribution >= 4 is 22.6 Å². The first kappa shape index (κ1) is 5.08. The molecule has 0 spiro atoms. The Morgan fingerprint density at radius 2 is 2.57 bits per heavy atom. The average molecular weight is 208 g/mol. The number of aryl methyl sites for hydroxylation is 1. The average Bonchev–Trinajstić information content (AvgIpc) is 1.91.